The zero-order chi connectivity index (χ0) is 11.8. The van der Waals surface area contributed by atoms with Crippen LogP contribution in [0.1, 0.15) is 31.2 Å². The Bertz CT molecular complexity index is 295. The quantitative estimate of drug-likeness (QED) is 0.762. The largest absolute Gasteiger partial charge is 0.332 e. The van der Waals surface area contributed by atoms with Crippen LogP contribution in [0.2, 0.25) is 0 Å². The third-order valence-electron chi connectivity index (χ3n) is 2.61. The van der Waals surface area contributed by atoms with Crippen molar-refractivity contribution in [3.05, 3.63) is 35.9 Å². The van der Waals surface area contributed by atoms with Gasteiger partial charge in [0.2, 0.25) is 0 Å². The van der Waals surface area contributed by atoms with Gasteiger partial charge in [-0.05, 0) is 18.4 Å². The first kappa shape index (κ1) is 13.0. The molecule has 1 aromatic carbocycles. The topological polar surface area (TPSA) is 27.7 Å². The van der Waals surface area contributed by atoms with Gasteiger partial charge in [0.05, 0.1) is 19.8 Å². The van der Waals surface area contributed by atoms with Crippen molar-refractivity contribution >= 4 is 8.60 Å². The highest BCUT2D eigenvalue weighted by Crippen LogP contribution is 2.41. The molecule has 0 aromatic heterocycles. The Labute approximate surface area is 104 Å². The van der Waals surface area contributed by atoms with Gasteiger partial charge in [0.25, 0.3) is 0 Å². The third kappa shape index (κ3) is 5.13. The van der Waals surface area contributed by atoms with Crippen molar-refractivity contribution in [3.63, 3.8) is 0 Å². The minimum atomic E-state index is -1.16. The van der Waals surface area contributed by atoms with Gasteiger partial charge in [-0.3, -0.25) is 0 Å². The summed E-state index contributed by atoms with van der Waals surface area (Å²) >= 11 is 0. The van der Waals surface area contributed by atoms with Crippen molar-refractivity contribution in [2.24, 2.45) is 0 Å². The van der Waals surface area contributed by atoms with E-state index in [9.17, 15) is 0 Å². The lowest BCUT2D eigenvalue weighted by Crippen LogP contribution is -1.97. The Morgan fingerprint density at radius 2 is 1.59 bits per heavy atom. The molecule has 3 nitrogen and oxygen atoms in total. The van der Waals surface area contributed by atoms with Crippen molar-refractivity contribution in [1.29, 1.82) is 0 Å². The fraction of sp³-hybridized carbons (Fsp3) is 0.538. The van der Waals surface area contributed by atoms with E-state index in [1.807, 2.05) is 30.3 Å². The molecule has 0 N–H and O–H groups in total. The molecule has 1 aromatic rings. The van der Waals surface area contributed by atoms with Gasteiger partial charge in [-0.2, -0.15) is 0 Å². The summed E-state index contributed by atoms with van der Waals surface area (Å²) in [5.74, 6) is 0. The summed E-state index contributed by atoms with van der Waals surface area (Å²) < 4.78 is 16.9. The van der Waals surface area contributed by atoms with Gasteiger partial charge in [0, 0.05) is 0 Å². The molecule has 1 aliphatic heterocycles. The molecule has 1 aliphatic rings. The summed E-state index contributed by atoms with van der Waals surface area (Å²) in [4.78, 5) is 0. The van der Waals surface area contributed by atoms with E-state index in [2.05, 4.69) is 0 Å². The Morgan fingerprint density at radius 1 is 0.941 bits per heavy atom. The fourth-order valence-electron chi connectivity index (χ4n) is 1.65. The second kappa shape index (κ2) is 7.78. The van der Waals surface area contributed by atoms with Crippen LogP contribution in [0, 0.1) is 0 Å². The first-order valence-electron chi connectivity index (χ1n) is 6.18. The maximum Gasteiger partial charge on any atom is 0.332 e. The predicted molar refractivity (Wildman–Crippen MR) is 68.5 cm³/mol. The van der Waals surface area contributed by atoms with E-state index in [4.69, 9.17) is 13.6 Å². The molecule has 0 aliphatic carbocycles. The molecule has 1 saturated heterocycles. The van der Waals surface area contributed by atoms with Crippen LogP contribution < -0.4 is 0 Å². The van der Waals surface area contributed by atoms with Crippen LogP contribution in [0.5, 0.6) is 0 Å². The Balaban J connectivity index is 1.76. The standard InChI is InChI=1S/C13H19O3P/c1-2-7-11-15-17(14-10-6-1)16-12-13-8-4-3-5-9-13/h3-5,8-9H,1-2,6-7,10-12H2. The molecule has 0 radical (unpaired) electrons. The lowest BCUT2D eigenvalue weighted by atomic mass is 10.2. The highest BCUT2D eigenvalue weighted by Gasteiger charge is 2.13. The van der Waals surface area contributed by atoms with Crippen LogP contribution in [0.15, 0.2) is 30.3 Å². The van der Waals surface area contributed by atoms with E-state index in [1.165, 1.54) is 12.8 Å². The van der Waals surface area contributed by atoms with Crippen molar-refractivity contribution in [1.82, 2.24) is 0 Å². The Hall–Kier alpha value is -0.470. The zero-order valence-corrected chi connectivity index (χ0v) is 10.9. The molecule has 0 atom stereocenters. The fourth-order valence-corrected chi connectivity index (χ4v) is 2.68. The molecule has 1 heterocycles. The van der Waals surface area contributed by atoms with Crippen LogP contribution in [-0.2, 0) is 20.2 Å². The highest BCUT2D eigenvalue weighted by atomic mass is 31.2. The smallest absolute Gasteiger partial charge is 0.312 e. The maximum atomic E-state index is 5.68. The van der Waals surface area contributed by atoms with Gasteiger partial charge in [-0.25, -0.2) is 0 Å². The molecule has 94 valence electrons. The van der Waals surface area contributed by atoms with Crippen molar-refractivity contribution < 1.29 is 13.6 Å². The second-order valence-corrected chi connectivity index (χ2v) is 5.29. The van der Waals surface area contributed by atoms with E-state index in [0.717, 1.165) is 31.6 Å². The first-order valence-corrected chi connectivity index (χ1v) is 7.27. The average Bonchev–Trinajstić information content (AvgIpc) is 2.51. The molecular weight excluding hydrogens is 235 g/mol. The van der Waals surface area contributed by atoms with Crippen molar-refractivity contribution in [3.8, 4) is 0 Å². The van der Waals surface area contributed by atoms with E-state index in [-0.39, 0.29) is 0 Å². The lowest BCUT2D eigenvalue weighted by Gasteiger charge is -2.15. The van der Waals surface area contributed by atoms with Crippen LogP contribution in [0.25, 0.3) is 0 Å². The van der Waals surface area contributed by atoms with Crippen LogP contribution in [0.3, 0.4) is 0 Å². The van der Waals surface area contributed by atoms with Gasteiger partial charge in [0.1, 0.15) is 0 Å². The van der Waals surface area contributed by atoms with Crippen LogP contribution >= 0.6 is 8.60 Å². The molecule has 0 amide bonds. The summed E-state index contributed by atoms with van der Waals surface area (Å²) in [6, 6.07) is 10.1. The summed E-state index contributed by atoms with van der Waals surface area (Å²) in [6.07, 6.45) is 4.67. The molecule has 0 unspecified atom stereocenters. The van der Waals surface area contributed by atoms with Crippen LogP contribution in [0.4, 0.5) is 0 Å². The summed E-state index contributed by atoms with van der Waals surface area (Å²) in [6.45, 7) is 2.06. The van der Waals surface area contributed by atoms with E-state index in [0.29, 0.717) is 6.61 Å². The molecule has 17 heavy (non-hydrogen) atoms. The van der Waals surface area contributed by atoms with Crippen LogP contribution in [-0.4, -0.2) is 13.2 Å². The van der Waals surface area contributed by atoms with Gasteiger partial charge in [-0.15, -0.1) is 0 Å². The SMILES string of the molecule is c1ccc(COP2OCCCCCCO2)cc1. The number of hydrogen-bond acceptors (Lipinski definition) is 3. The maximum absolute atomic E-state index is 5.68. The highest BCUT2D eigenvalue weighted by molar-refractivity contribution is 7.41. The zero-order valence-electron chi connectivity index (χ0n) is 10.0. The lowest BCUT2D eigenvalue weighted by molar-refractivity contribution is 0.158. The number of hydrogen-bond donors (Lipinski definition) is 0. The van der Waals surface area contributed by atoms with Gasteiger partial charge < -0.3 is 13.6 Å². The Kier molecular flexibility index (Phi) is 5.94. The summed E-state index contributed by atoms with van der Waals surface area (Å²) in [5, 5.41) is 0. The van der Waals surface area contributed by atoms with Gasteiger partial charge in [0.15, 0.2) is 0 Å². The number of benzene rings is 1. The average molecular weight is 254 g/mol. The summed E-state index contributed by atoms with van der Waals surface area (Å²) in [7, 11) is -1.16. The molecule has 0 spiro atoms. The first-order chi connectivity index (χ1) is 8.45. The molecule has 1 fully saturated rings. The van der Waals surface area contributed by atoms with E-state index >= 15 is 0 Å². The molecular formula is C13H19O3P. The van der Waals surface area contributed by atoms with Gasteiger partial charge >= 0.3 is 8.60 Å². The van der Waals surface area contributed by atoms with Crippen molar-refractivity contribution in [2.45, 2.75) is 32.3 Å². The molecule has 0 saturated carbocycles. The monoisotopic (exact) mass is 254 g/mol. The number of rotatable bonds is 3. The predicted octanol–water partition coefficient (Wildman–Crippen LogP) is 4.04. The van der Waals surface area contributed by atoms with Gasteiger partial charge in [-0.1, -0.05) is 43.2 Å². The molecule has 2 rings (SSSR count). The molecule has 0 bridgehead atoms. The second-order valence-electron chi connectivity index (χ2n) is 4.06. The summed E-state index contributed by atoms with van der Waals surface area (Å²) in [5.41, 5.74) is 1.15. The Morgan fingerprint density at radius 3 is 2.24 bits per heavy atom. The normalized spacial score (nSPS) is 19.3. The minimum Gasteiger partial charge on any atom is -0.312 e. The third-order valence-corrected chi connectivity index (χ3v) is 3.74. The minimum absolute atomic E-state index is 0.562. The van der Waals surface area contributed by atoms with E-state index < -0.39 is 8.60 Å². The van der Waals surface area contributed by atoms with Crippen molar-refractivity contribution in [2.75, 3.05) is 13.2 Å². The van der Waals surface area contributed by atoms with E-state index in [1.54, 1.807) is 0 Å². The molecule has 4 heteroatoms.